The van der Waals surface area contributed by atoms with Crippen LogP contribution in [0.15, 0.2) is 12.1 Å². The standard InChI is InChI=1S/C9H8FNO2/c1-13-9-3-6(5-12)2-8(10)7(9)4-11/h2-3,12H,5H2,1H3/i5D2. The number of nitrogens with zero attached hydrogens (tertiary/aromatic N) is 1. The number of hydrogen-bond donors (Lipinski definition) is 1. The molecule has 0 saturated heterocycles. The van der Waals surface area contributed by atoms with Crippen molar-refractivity contribution >= 4 is 0 Å². The molecule has 0 bridgehead atoms. The minimum atomic E-state index is -2.66. The van der Waals surface area contributed by atoms with Crippen LogP contribution in [0.1, 0.15) is 13.9 Å². The van der Waals surface area contributed by atoms with E-state index in [9.17, 15) is 4.39 Å². The SMILES string of the molecule is [2H]C([2H])(O)c1cc(F)c(C#N)c(OC)c1. The Balaban J connectivity index is 3.40. The van der Waals surface area contributed by atoms with Crippen molar-refractivity contribution in [1.82, 2.24) is 0 Å². The van der Waals surface area contributed by atoms with Gasteiger partial charge in [0, 0.05) is 0 Å². The van der Waals surface area contributed by atoms with Crippen molar-refractivity contribution < 1.29 is 17.0 Å². The first-order valence-corrected chi connectivity index (χ1v) is 3.40. The van der Waals surface area contributed by atoms with Gasteiger partial charge in [0.15, 0.2) is 0 Å². The Hall–Kier alpha value is -1.60. The Morgan fingerprint density at radius 1 is 1.77 bits per heavy atom. The maximum atomic E-state index is 13.2. The largest absolute Gasteiger partial charge is 0.495 e. The van der Waals surface area contributed by atoms with Crippen molar-refractivity contribution in [2.24, 2.45) is 0 Å². The van der Waals surface area contributed by atoms with E-state index in [1.54, 1.807) is 6.07 Å². The van der Waals surface area contributed by atoms with Crippen LogP contribution in [0.5, 0.6) is 5.75 Å². The summed E-state index contributed by atoms with van der Waals surface area (Å²) in [6.07, 6.45) is 0. The lowest BCUT2D eigenvalue weighted by Gasteiger charge is -2.05. The molecule has 0 aliphatic carbocycles. The molecule has 0 saturated carbocycles. The third kappa shape index (κ3) is 1.76. The number of aliphatic hydroxyl groups is 1. The average molecular weight is 183 g/mol. The van der Waals surface area contributed by atoms with Crippen molar-refractivity contribution in [3.8, 4) is 11.8 Å². The fourth-order valence-corrected chi connectivity index (χ4v) is 0.915. The van der Waals surface area contributed by atoms with Gasteiger partial charge in [-0.15, -0.1) is 0 Å². The molecule has 0 radical (unpaired) electrons. The molecular weight excluding hydrogens is 173 g/mol. The monoisotopic (exact) mass is 183 g/mol. The van der Waals surface area contributed by atoms with Crippen LogP contribution in [0.25, 0.3) is 0 Å². The van der Waals surface area contributed by atoms with Gasteiger partial charge in [-0.25, -0.2) is 4.39 Å². The van der Waals surface area contributed by atoms with Gasteiger partial charge in [-0.05, 0) is 17.7 Å². The molecule has 68 valence electrons. The predicted molar refractivity (Wildman–Crippen MR) is 43.6 cm³/mol. The summed E-state index contributed by atoms with van der Waals surface area (Å²) in [5.41, 5.74) is -0.610. The van der Waals surface area contributed by atoms with Gasteiger partial charge in [0.25, 0.3) is 0 Å². The second-order valence-corrected chi connectivity index (χ2v) is 2.26. The molecule has 0 amide bonds. The van der Waals surface area contributed by atoms with Crippen molar-refractivity contribution in [2.45, 2.75) is 6.56 Å². The summed E-state index contributed by atoms with van der Waals surface area (Å²) < 4.78 is 31.9. The Morgan fingerprint density at radius 3 is 2.92 bits per heavy atom. The molecule has 0 atom stereocenters. The van der Waals surface area contributed by atoms with E-state index in [0.29, 0.717) is 0 Å². The highest BCUT2D eigenvalue weighted by Gasteiger charge is 2.10. The molecule has 1 aromatic rings. The Labute approximate surface area is 77.8 Å². The van der Waals surface area contributed by atoms with Gasteiger partial charge < -0.3 is 9.84 Å². The van der Waals surface area contributed by atoms with E-state index < -0.39 is 12.4 Å². The predicted octanol–water partition coefficient (Wildman–Crippen LogP) is 1.20. The lowest BCUT2D eigenvalue weighted by Crippen LogP contribution is -1.95. The van der Waals surface area contributed by atoms with Crippen molar-refractivity contribution in [1.29, 1.82) is 5.26 Å². The van der Waals surface area contributed by atoms with Crippen LogP contribution in [0.4, 0.5) is 4.39 Å². The van der Waals surface area contributed by atoms with Gasteiger partial charge in [0.2, 0.25) is 0 Å². The van der Waals surface area contributed by atoms with Crippen LogP contribution in [0, 0.1) is 17.1 Å². The summed E-state index contributed by atoms with van der Waals surface area (Å²) in [4.78, 5) is 0. The van der Waals surface area contributed by atoms with E-state index in [4.69, 9.17) is 17.8 Å². The number of nitriles is 1. The lowest BCUT2D eigenvalue weighted by atomic mass is 10.1. The van der Waals surface area contributed by atoms with Gasteiger partial charge in [0.1, 0.15) is 23.2 Å². The van der Waals surface area contributed by atoms with E-state index >= 15 is 0 Å². The molecule has 1 aromatic carbocycles. The minimum absolute atomic E-state index is 0.106. The van der Waals surface area contributed by atoms with Crippen molar-refractivity contribution in [3.05, 3.63) is 29.1 Å². The second kappa shape index (κ2) is 3.87. The molecule has 0 spiro atoms. The molecule has 4 heteroatoms. The zero-order valence-electron chi connectivity index (χ0n) is 8.84. The highest BCUT2D eigenvalue weighted by molar-refractivity contribution is 5.46. The summed E-state index contributed by atoms with van der Waals surface area (Å²) in [7, 11) is 1.23. The topological polar surface area (TPSA) is 53.2 Å². The third-order valence-electron chi connectivity index (χ3n) is 1.51. The smallest absolute Gasteiger partial charge is 0.145 e. The number of methoxy groups -OCH3 is 1. The number of benzene rings is 1. The Morgan fingerprint density at radius 2 is 2.46 bits per heavy atom. The van der Waals surface area contributed by atoms with Gasteiger partial charge in [-0.2, -0.15) is 5.26 Å². The molecule has 0 fully saturated rings. The van der Waals surface area contributed by atoms with Gasteiger partial charge >= 0.3 is 0 Å². The number of rotatable bonds is 2. The quantitative estimate of drug-likeness (QED) is 0.749. The Kier molecular flexibility index (Phi) is 2.05. The molecule has 0 heterocycles. The summed E-state index contributed by atoms with van der Waals surface area (Å²) in [5.74, 6) is -1.03. The lowest BCUT2D eigenvalue weighted by molar-refractivity contribution is 0.280. The van der Waals surface area contributed by atoms with Crippen molar-refractivity contribution in [2.75, 3.05) is 7.11 Å². The molecule has 13 heavy (non-hydrogen) atoms. The van der Waals surface area contributed by atoms with Crippen LogP contribution in [-0.2, 0) is 6.56 Å². The van der Waals surface area contributed by atoms with Crippen molar-refractivity contribution in [3.63, 3.8) is 0 Å². The van der Waals surface area contributed by atoms with Gasteiger partial charge in [-0.3, -0.25) is 0 Å². The zero-order valence-corrected chi connectivity index (χ0v) is 6.84. The first kappa shape index (κ1) is 6.87. The van der Waals surface area contributed by atoms with E-state index in [0.717, 1.165) is 12.1 Å². The summed E-state index contributed by atoms with van der Waals surface area (Å²) in [6.45, 7) is -2.66. The maximum absolute atomic E-state index is 13.2. The number of ether oxygens (including phenoxy) is 1. The first-order chi connectivity index (χ1) is 6.90. The molecule has 1 rings (SSSR count). The average Bonchev–Trinajstić information content (AvgIpc) is 2.15. The molecule has 0 aromatic heterocycles. The van der Waals surface area contributed by atoms with E-state index in [-0.39, 0.29) is 16.9 Å². The highest BCUT2D eigenvalue weighted by Crippen LogP contribution is 2.22. The first-order valence-electron chi connectivity index (χ1n) is 4.40. The van der Waals surface area contributed by atoms with Crippen LogP contribution in [-0.4, -0.2) is 12.2 Å². The third-order valence-corrected chi connectivity index (χ3v) is 1.51. The molecular formula is C9H8FNO2. The fourth-order valence-electron chi connectivity index (χ4n) is 0.915. The highest BCUT2D eigenvalue weighted by atomic mass is 19.1. The summed E-state index contributed by atoms with van der Waals surface area (Å²) in [5, 5.41) is 17.6. The van der Waals surface area contributed by atoms with Gasteiger partial charge in [0.05, 0.1) is 16.4 Å². The number of halogens is 1. The van der Waals surface area contributed by atoms with Crippen LogP contribution < -0.4 is 4.74 Å². The second-order valence-electron chi connectivity index (χ2n) is 2.26. The Bertz CT molecular complexity index is 423. The minimum Gasteiger partial charge on any atom is -0.495 e. The molecule has 0 aliphatic heterocycles. The van der Waals surface area contributed by atoms with E-state index in [1.807, 2.05) is 0 Å². The fraction of sp³-hybridized carbons (Fsp3) is 0.222. The molecule has 0 unspecified atom stereocenters. The normalized spacial score (nSPS) is 12.8. The summed E-state index contributed by atoms with van der Waals surface area (Å²) >= 11 is 0. The molecule has 1 N–H and O–H groups in total. The summed E-state index contributed by atoms with van der Waals surface area (Å²) in [6, 6.07) is 3.44. The van der Waals surface area contributed by atoms with Crippen LogP contribution in [0.3, 0.4) is 0 Å². The van der Waals surface area contributed by atoms with E-state index in [1.165, 1.54) is 7.11 Å². The number of hydrogen-bond acceptors (Lipinski definition) is 3. The van der Waals surface area contributed by atoms with Gasteiger partial charge in [-0.1, -0.05) is 0 Å². The van der Waals surface area contributed by atoms with Crippen LogP contribution in [0.2, 0.25) is 0 Å². The van der Waals surface area contributed by atoms with E-state index in [2.05, 4.69) is 0 Å². The zero-order chi connectivity index (χ0) is 11.6. The van der Waals surface area contributed by atoms with Crippen LogP contribution >= 0.6 is 0 Å². The molecule has 3 nitrogen and oxygen atoms in total. The molecule has 0 aliphatic rings. The maximum Gasteiger partial charge on any atom is 0.145 e.